The summed E-state index contributed by atoms with van der Waals surface area (Å²) in [6, 6.07) is 12.8. The van der Waals surface area contributed by atoms with Gasteiger partial charge in [-0.3, -0.25) is 9.59 Å². The topological polar surface area (TPSA) is 92.7 Å². The number of nitrogens with zero attached hydrogens (tertiary/aromatic N) is 4. The van der Waals surface area contributed by atoms with Gasteiger partial charge in [-0.2, -0.15) is 0 Å². The number of aromatic nitrogens is 2. The Hall–Kier alpha value is -3.98. The van der Waals surface area contributed by atoms with E-state index in [1.165, 1.54) is 0 Å². The van der Waals surface area contributed by atoms with E-state index in [1.807, 2.05) is 21.9 Å². The molecule has 0 saturated heterocycles. The van der Waals surface area contributed by atoms with Crippen molar-refractivity contribution in [3.05, 3.63) is 58.7 Å². The standard InChI is InChI=1S/C46H64N4O4S/c1-11-15-17-19-39(51)49(13-3)25-23-31-27-33(45(5,6)7)41-35(29-31)47-43(53-41)37-21-22-38(55-37)44-48-36-30-32(28-34(42(36)54-44)46(8,9)10)24-26-50(14-4)40(52)20-18-16-12-2/h21-22,27-30H,11-20,23-26H2,1-10H3. The first kappa shape index (κ1) is 42.2. The molecule has 55 heavy (non-hydrogen) atoms. The third-order valence-electron chi connectivity index (χ3n) is 10.5. The number of carbonyl (C=O) groups is 2. The van der Waals surface area contributed by atoms with Crippen molar-refractivity contribution in [3.8, 4) is 21.5 Å². The summed E-state index contributed by atoms with van der Waals surface area (Å²) in [6.45, 7) is 24.5. The smallest absolute Gasteiger partial charge is 0.237 e. The van der Waals surface area contributed by atoms with Gasteiger partial charge in [0.1, 0.15) is 11.0 Å². The highest BCUT2D eigenvalue weighted by Gasteiger charge is 2.26. The molecule has 0 saturated carbocycles. The summed E-state index contributed by atoms with van der Waals surface area (Å²) in [5.41, 5.74) is 7.49. The van der Waals surface area contributed by atoms with Gasteiger partial charge in [0.25, 0.3) is 0 Å². The van der Waals surface area contributed by atoms with Gasteiger partial charge in [0.05, 0.1) is 9.75 Å². The number of likely N-dealkylation sites (N-methyl/N-ethyl adjacent to an activating group) is 2. The Morgan fingerprint density at radius 1 is 0.618 bits per heavy atom. The average Bonchev–Trinajstić information content (AvgIpc) is 3.89. The van der Waals surface area contributed by atoms with Crippen molar-refractivity contribution in [1.29, 1.82) is 0 Å². The Balaban J connectivity index is 1.40. The first-order valence-corrected chi connectivity index (χ1v) is 21.5. The van der Waals surface area contributed by atoms with Crippen molar-refractivity contribution < 1.29 is 18.4 Å². The predicted molar refractivity (Wildman–Crippen MR) is 228 cm³/mol. The van der Waals surface area contributed by atoms with Gasteiger partial charge in [-0.25, -0.2) is 9.97 Å². The number of benzene rings is 2. The molecule has 2 aromatic carbocycles. The molecule has 0 fully saturated rings. The minimum Gasteiger partial charge on any atom is -0.435 e. The highest BCUT2D eigenvalue weighted by molar-refractivity contribution is 7.18. The quantitative estimate of drug-likeness (QED) is 0.0824. The maximum Gasteiger partial charge on any atom is 0.237 e. The van der Waals surface area contributed by atoms with Gasteiger partial charge in [-0.1, -0.05) is 93.2 Å². The third-order valence-corrected chi connectivity index (χ3v) is 11.6. The average molecular weight is 769 g/mol. The molecule has 0 N–H and O–H groups in total. The second-order valence-corrected chi connectivity index (χ2v) is 18.1. The fourth-order valence-corrected chi connectivity index (χ4v) is 8.04. The number of carbonyl (C=O) groups excluding carboxylic acids is 2. The lowest BCUT2D eigenvalue weighted by atomic mass is 9.85. The highest BCUT2D eigenvalue weighted by Crippen LogP contribution is 2.40. The van der Waals surface area contributed by atoms with Crippen LogP contribution in [0.4, 0.5) is 0 Å². The van der Waals surface area contributed by atoms with Crippen LogP contribution in [-0.2, 0) is 33.3 Å². The SMILES string of the molecule is CCCCCC(=O)N(CC)CCc1cc(C(C)(C)C)c2oc(-c3ccc(-c4nc5cc(CCN(CC)C(=O)CCCCC)cc(C(C)(C)C)c5o4)s3)nc2c1. The van der Waals surface area contributed by atoms with Crippen molar-refractivity contribution in [2.45, 2.75) is 144 Å². The highest BCUT2D eigenvalue weighted by atomic mass is 32.1. The van der Waals surface area contributed by atoms with E-state index in [1.54, 1.807) is 11.3 Å². The fourth-order valence-electron chi connectivity index (χ4n) is 7.18. The van der Waals surface area contributed by atoms with E-state index >= 15 is 0 Å². The number of thiophene rings is 1. The Morgan fingerprint density at radius 2 is 1.02 bits per heavy atom. The number of rotatable bonds is 18. The van der Waals surface area contributed by atoms with Crippen LogP contribution in [0.15, 0.2) is 45.2 Å². The van der Waals surface area contributed by atoms with Crippen molar-refractivity contribution in [2.75, 3.05) is 26.2 Å². The Bertz CT molecular complexity index is 1910. The second-order valence-electron chi connectivity index (χ2n) is 17.0. The molecule has 3 heterocycles. The van der Waals surface area contributed by atoms with Crippen LogP contribution in [-0.4, -0.2) is 57.8 Å². The van der Waals surface area contributed by atoms with E-state index < -0.39 is 0 Å². The van der Waals surface area contributed by atoms with Crippen LogP contribution >= 0.6 is 11.3 Å². The molecule has 0 spiro atoms. The second kappa shape index (κ2) is 18.3. The van der Waals surface area contributed by atoms with Crippen LogP contribution in [0, 0.1) is 0 Å². The van der Waals surface area contributed by atoms with E-state index in [2.05, 4.69) is 93.5 Å². The molecule has 2 amide bonds. The molecule has 8 nitrogen and oxygen atoms in total. The van der Waals surface area contributed by atoms with E-state index in [0.29, 0.717) is 50.8 Å². The van der Waals surface area contributed by atoms with Gasteiger partial charge in [-0.15, -0.1) is 11.3 Å². The predicted octanol–water partition coefficient (Wildman–Crippen LogP) is 11.9. The van der Waals surface area contributed by atoms with Gasteiger partial charge in [0.15, 0.2) is 11.2 Å². The number of hydrogen-bond acceptors (Lipinski definition) is 7. The summed E-state index contributed by atoms with van der Waals surface area (Å²) in [4.78, 5) is 41.6. The maximum atomic E-state index is 12.9. The Labute approximate surface area is 333 Å². The van der Waals surface area contributed by atoms with Gasteiger partial charge >= 0.3 is 0 Å². The van der Waals surface area contributed by atoms with Crippen molar-refractivity contribution in [1.82, 2.24) is 19.8 Å². The van der Waals surface area contributed by atoms with Crippen molar-refractivity contribution >= 4 is 45.4 Å². The number of amides is 2. The van der Waals surface area contributed by atoms with Crippen molar-refractivity contribution in [3.63, 3.8) is 0 Å². The molecule has 0 bridgehead atoms. The van der Waals surface area contributed by atoms with Gasteiger partial charge in [-0.05, 0) is 85.8 Å². The van der Waals surface area contributed by atoms with E-state index in [-0.39, 0.29) is 22.6 Å². The number of oxazole rings is 2. The number of unbranched alkanes of at least 4 members (excludes halogenated alkanes) is 4. The third kappa shape index (κ3) is 10.5. The van der Waals surface area contributed by atoms with Crippen molar-refractivity contribution in [2.24, 2.45) is 0 Å². The lowest BCUT2D eigenvalue weighted by molar-refractivity contribution is -0.131. The minimum atomic E-state index is -0.160. The van der Waals surface area contributed by atoms with E-state index in [9.17, 15) is 9.59 Å². The van der Waals surface area contributed by atoms with Crippen LogP contribution < -0.4 is 0 Å². The van der Waals surface area contributed by atoms with Crippen LogP contribution in [0.25, 0.3) is 43.7 Å². The summed E-state index contributed by atoms with van der Waals surface area (Å²) >= 11 is 1.56. The summed E-state index contributed by atoms with van der Waals surface area (Å²) in [5.74, 6) is 1.63. The van der Waals surface area contributed by atoms with E-state index in [4.69, 9.17) is 18.8 Å². The molecule has 0 atom stereocenters. The molecule has 3 aromatic heterocycles. The molecular weight excluding hydrogens is 705 g/mol. The molecule has 0 unspecified atom stereocenters. The van der Waals surface area contributed by atoms with Crippen LogP contribution in [0.1, 0.15) is 143 Å². The summed E-state index contributed by atoms with van der Waals surface area (Å²) < 4.78 is 13.1. The van der Waals surface area contributed by atoms with Crippen LogP contribution in [0.2, 0.25) is 0 Å². The molecule has 5 rings (SSSR count). The first-order valence-electron chi connectivity index (χ1n) is 20.7. The number of hydrogen-bond donors (Lipinski definition) is 0. The molecule has 298 valence electrons. The largest absolute Gasteiger partial charge is 0.435 e. The maximum absolute atomic E-state index is 12.9. The van der Waals surface area contributed by atoms with Gasteiger partial charge < -0.3 is 18.6 Å². The molecule has 5 aromatic rings. The molecular formula is C46H64N4O4S. The summed E-state index contributed by atoms with van der Waals surface area (Å²) in [7, 11) is 0. The normalized spacial score (nSPS) is 12.3. The molecule has 9 heteroatoms. The Kier molecular flexibility index (Phi) is 14.0. The Morgan fingerprint density at radius 3 is 1.36 bits per heavy atom. The summed E-state index contributed by atoms with van der Waals surface area (Å²) in [5, 5.41) is 0. The first-order chi connectivity index (χ1) is 26.2. The lowest BCUT2D eigenvalue weighted by Crippen LogP contribution is -2.32. The zero-order valence-electron chi connectivity index (χ0n) is 35.2. The minimum absolute atomic E-state index is 0.160. The van der Waals surface area contributed by atoms with Crippen LogP contribution in [0.5, 0.6) is 0 Å². The monoisotopic (exact) mass is 768 g/mol. The zero-order valence-corrected chi connectivity index (χ0v) is 36.0. The fraction of sp³-hybridized carbons (Fsp3) is 0.565. The van der Waals surface area contributed by atoms with E-state index in [0.717, 1.165) is 106 Å². The summed E-state index contributed by atoms with van der Waals surface area (Å²) in [6.07, 6.45) is 9.07. The van der Waals surface area contributed by atoms with Gasteiger partial charge in [0.2, 0.25) is 23.6 Å². The molecule has 0 aliphatic rings. The van der Waals surface area contributed by atoms with Crippen LogP contribution in [0.3, 0.4) is 0 Å². The van der Waals surface area contributed by atoms with Gasteiger partial charge in [0, 0.05) is 50.1 Å². The molecule has 0 aliphatic carbocycles. The molecule has 0 aliphatic heterocycles. The lowest BCUT2D eigenvalue weighted by Gasteiger charge is -2.23. The zero-order chi connectivity index (χ0) is 39.9. The number of fused-ring (bicyclic) bond motifs is 2. The molecule has 0 radical (unpaired) electrons.